The lowest BCUT2D eigenvalue weighted by atomic mass is 11.8. The molecule has 0 amide bonds. The van der Waals surface area contributed by atoms with Gasteiger partial charge in [-0.05, 0) is 0 Å². The van der Waals surface area contributed by atoms with Crippen molar-refractivity contribution in [2.45, 2.75) is 13.1 Å². The Bertz CT molecular complexity index is 38.5. The van der Waals surface area contributed by atoms with Crippen LogP contribution in [-0.2, 0) is 4.43 Å². The summed E-state index contributed by atoms with van der Waals surface area (Å²) in [6.07, 6.45) is 0. The Balaban J connectivity index is 3.17. The Morgan fingerprint density at radius 1 is 1.50 bits per heavy atom. The van der Waals surface area contributed by atoms with Gasteiger partial charge in [-0.3, -0.25) is 0 Å². The number of rotatable bonds is 1. The van der Waals surface area contributed by atoms with Crippen LogP contribution >= 0.6 is 0 Å². The first-order valence-electron chi connectivity index (χ1n) is 1.86. The van der Waals surface area contributed by atoms with E-state index in [2.05, 4.69) is 0 Å². The first-order valence-corrected chi connectivity index (χ1v) is 4.77. The Hall–Kier alpha value is 0.137. The van der Waals surface area contributed by atoms with Gasteiger partial charge in [0.05, 0.1) is 0 Å². The minimum absolute atomic E-state index is 1.58. The first-order chi connectivity index (χ1) is 2.56. The molecule has 0 heterocycles. The van der Waals surface area contributed by atoms with Crippen molar-refractivity contribution in [2.75, 3.05) is 7.11 Å². The highest BCUT2D eigenvalue weighted by Gasteiger charge is 2.26. The summed E-state index contributed by atoms with van der Waals surface area (Å²) in [5, 5.41) is 0. The van der Waals surface area contributed by atoms with E-state index < -0.39 is 8.56 Å². The van der Waals surface area contributed by atoms with Crippen molar-refractivity contribution in [1.29, 1.82) is 0 Å². The van der Waals surface area contributed by atoms with Crippen molar-refractivity contribution >= 4 is 8.56 Å². The Morgan fingerprint density at radius 2 is 1.67 bits per heavy atom. The van der Waals surface area contributed by atoms with E-state index in [1.54, 1.807) is 7.11 Å². The number of hydrogen-bond acceptors (Lipinski definition) is 1. The second kappa shape index (κ2) is 1.73. The molecule has 0 aromatic heterocycles. The molecule has 0 aliphatic carbocycles. The molecular weight excluding hydrogens is 96.1 g/mol. The molecule has 0 rings (SSSR count). The maximum atomic E-state index is 7.10. The summed E-state index contributed by atoms with van der Waals surface area (Å²) in [6.45, 7) is 3.65. The molecule has 0 radical (unpaired) electrons. The molecule has 0 aromatic carbocycles. The molecule has 6 heavy (non-hydrogen) atoms. The van der Waals surface area contributed by atoms with Crippen LogP contribution < -0.4 is 0 Å². The molecule has 0 aliphatic rings. The van der Waals surface area contributed by atoms with E-state index in [0.29, 0.717) is 0 Å². The molecule has 0 atom stereocenters. The van der Waals surface area contributed by atoms with Crippen LogP contribution in [0.15, 0.2) is 0 Å². The maximum Gasteiger partial charge on any atom is 0.536 e. The predicted octanol–water partition coefficient (Wildman–Crippen LogP) is 0.0592. The third kappa shape index (κ3) is 4.14. The molecular formula is C3H11O2Si+. The van der Waals surface area contributed by atoms with E-state index in [1.165, 1.54) is 0 Å². The van der Waals surface area contributed by atoms with Gasteiger partial charge < -0.3 is 9.22 Å². The minimum atomic E-state index is -1.88. The average molecular weight is 107 g/mol. The van der Waals surface area contributed by atoms with Crippen LogP contribution in [0.5, 0.6) is 0 Å². The lowest BCUT2D eigenvalue weighted by Gasteiger charge is -2.00. The highest BCUT2D eigenvalue weighted by atomic mass is 28.4. The van der Waals surface area contributed by atoms with Crippen LogP contribution in [0.2, 0.25) is 13.1 Å². The summed E-state index contributed by atoms with van der Waals surface area (Å²) in [7, 11) is -0.299. The fourth-order valence-electron chi connectivity index (χ4n) is 0. The van der Waals surface area contributed by atoms with Crippen molar-refractivity contribution in [3.8, 4) is 0 Å². The summed E-state index contributed by atoms with van der Waals surface area (Å²) in [5.41, 5.74) is 0. The summed E-state index contributed by atoms with van der Waals surface area (Å²) < 4.78 is 4.74. The monoisotopic (exact) mass is 107 g/mol. The lowest BCUT2D eigenvalue weighted by molar-refractivity contribution is 0.305. The van der Waals surface area contributed by atoms with Gasteiger partial charge in [-0.15, -0.1) is 0 Å². The van der Waals surface area contributed by atoms with Crippen molar-refractivity contribution < 1.29 is 9.22 Å². The lowest BCUT2D eigenvalue weighted by Crippen LogP contribution is -2.27. The topological polar surface area (TPSA) is 32.1 Å². The zero-order chi connectivity index (χ0) is 5.21. The van der Waals surface area contributed by atoms with Gasteiger partial charge >= 0.3 is 8.56 Å². The molecule has 0 spiro atoms. The van der Waals surface area contributed by atoms with E-state index >= 15 is 0 Å². The Kier molecular flexibility index (Phi) is 1.77. The highest BCUT2D eigenvalue weighted by Crippen LogP contribution is 1.92. The van der Waals surface area contributed by atoms with Crippen LogP contribution in [0.4, 0.5) is 0 Å². The maximum absolute atomic E-state index is 7.10. The largest absolute Gasteiger partial charge is 0.536 e. The van der Waals surface area contributed by atoms with Crippen LogP contribution in [0.1, 0.15) is 0 Å². The van der Waals surface area contributed by atoms with Crippen LogP contribution in [-0.4, -0.2) is 20.5 Å². The van der Waals surface area contributed by atoms with Crippen LogP contribution in [0.3, 0.4) is 0 Å². The standard InChI is InChI=1S/C3H10O2Si/c1-5-6(2,3)4/h4H,1-3H3/p+1. The van der Waals surface area contributed by atoms with Crippen LogP contribution in [0, 0.1) is 0 Å². The number of hydrogen-bond donors (Lipinski definition) is 0. The molecule has 0 aliphatic heterocycles. The van der Waals surface area contributed by atoms with E-state index in [9.17, 15) is 0 Å². The molecule has 2 nitrogen and oxygen atoms in total. The summed E-state index contributed by atoms with van der Waals surface area (Å²) in [4.78, 5) is 7.10. The predicted molar refractivity (Wildman–Crippen MR) is 28.1 cm³/mol. The molecule has 2 N–H and O–H groups in total. The first kappa shape index (κ1) is 6.14. The molecule has 0 unspecified atom stereocenters. The minimum Gasteiger partial charge on any atom is -0.521 e. The highest BCUT2D eigenvalue weighted by molar-refractivity contribution is 6.63. The molecule has 0 saturated heterocycles. The van der Waals surface area contributed by atoms with E-state index in [-0.39, 0.29) is 0 Å². The summed E-state index contributed by atoms with van der Waals surface area (Å²) in [6, 6.07) is 0. The normalized spacial score (nSPS) is 12.0. The van der Waals surface area contributed by atoms with Crippen molar-refractivity contribution in [3.05, 3.63) is 0 Å². The smallest absolute Gasteiger partial charge is 0.521 e. The van der Waals surface area contributed by atoms with Crippen molar-refractivity contribution in [2.24, 2.45) is 0 Å². The fraction of sp³-hybridized carbons (Fsp3) is 1.00. The Labute approximate surface area is 39.0 Å². The third-order valence-corrected chi connectivity index (χ3v) is 1.53. The molecule has 0 aromatic rings. The average Bonchev–Trinajstić information content (AvgIpc) is 1.35. The van der Waals surface area contributed by atoms with Gasteiger partial charge in [0.25, 0.3) is 0 Å². The van der Waals surface area contributed by atoms with Gasteiger partial charge in [0.15, 0.2) is 0 Å². The quantitative estimate of drug-likeness (QED) is 0.344. The van der Waals surface area contributed by atoms with Gasteiger partial charge in [-0.1, -0.05) is 0 Å². The zero-order valence-electron chi connectivity index (χ0n) is 4.41. The van der Waals surface area contributed by atoms with Crippen LogP contribution in [0.25, 0.3) is 0 Å². The second-order valence-electron chi connectivity index (χ2n) is 1.71. The van der Waals surface area contributed by atoms with E-state index in [4.69, 9.17) is 9.22 Å². The molecule has 0 saturated carbocycles. The fourth-order valence-corrected chi connectivity index (χ4v) is 0. The van der Waals surface area contributed by atoms with Gasteiger partial charge in [0.2, 0.25) is 0 Å². The Morgan fingerprint density at radius 3 is 1.67 bits per heavy atom. The molecule has 0 fully saturated rings. The van der Waals surface area contributed by atoms with Gasteiger partial charge in [-0.25, -0.2) is 0 Å². The molecule has 38 valence electrons. The molecule has 3 heteroatoms. The van der Waals surface area contributed by atoms with E-state index in [1.807, 2.05) is 13.1 Å². The zero-order valence-corrected chi connectivity index (χ0v) is 5.41. The summed E-state index contributed by atoms with van der Waals surface area (Å²) >= 11 is 0. The second-order valence-corrected chi connectivity index (χ2v) is 5.14. The van der Waals surface area contributed by atoms with Crippen molar-refractivity contribution in [1.82, 2.24) is 0 Å². The van der Waals surface area contributed by atoms with Gasteiger partial charge in [0, 0.05) is 20.2 Å². The van der Waals surface area contributed by atoms with Gasteiger partial charge in [-0.2, -0.15) is 0 Å². The SMILES string of the molecule is CO[Si](C)(C)[OH2+]. The van der Waals surface area contributed by atoms with E-state index in [0.717, 1.165) is 0 Å². The third-order valence-electron chi connectivity index (χ3n) is 0.510. The summed E-state index contributed by atoms with van der Waals surface area (Å²) in [5.74, 6) is 0. The van der Waals surface area contributed by atoms with Crippen molar-refractivity contribution in [3.63, 3.8) is 0 Å². The van der Waals surface area contributed by atoms with Gasteiger partial charge in [0.1, 0.15) is 0 Å². The molecule has 0 bridgehead atoms.